The number of aliphatic hydroxyl groups excluding tert-OH is 1. The van der Waals surface area contributed by atoms with Crippen LogP contribution in [-0.2, 0) is 99.4 Å². The van der Waals surface area contributed by atoms with Gasteiger partial charge in [-0.05, 0) is 75.3 Å². The molecule has 3 aliphatic rings. The minimum atomic E-state index is -1.89. The summed E-state index contributed by atoms with van der Waals surface area (Å²) in [6, 6.07) is 57.0. The van der Waals surface area contributed by atoms with E-state index >= 15 is 0 Å². The van der Waals surface area contributed by atoms with Crippen LogP contribution in [0, 0.1) is 0 Å². The van der Waals surface area contributed by atoms with E-state index in [2.05, 4.69) is 20.1 Å². The fourth-order valence-electron chi connectivity index (χ4n) is 10.9. The Morgan fingerprint density at radius 1 is 0.452 bits per heavy atom. The second-order valence-electron chi connectivity index (χ2n) is 21.8. The lowest BCUT2D eigenvalue weighted by Crippen LogP contribution is -2.68. The summed E-state index contributed by atoms with van der Waals surface area (Å²) in [6.45, 7) is -1.12. The molecule has 0 bridgehead atoms. The first-order chi connectivity index (χ1) is 45.6. The number of methoxy groups -OCH3 is 2. The molecule has 93 heavy (non-hydrogen) atoms. The van der Waals surface area contributed by atoms with Crippen molar-refractivity contribution >= 4 is 17.9 Å². The molecular formula is C69H70N6O18. The number of carbonyl (C=O) groups is 3. The molecule has 3 saturated heterocycles. The predicted octanol–water partition coefficient (Wildman–Crippen LogP) is 10.1. The number of carbonyl (C=O) groups excluding carboxylic acids is 3. The van der Waals surface area contributed by atoms with Gasteiger partial charge >= 0.3 is 17.9 Å². The van der Waals surface area contributed by atoms with E-state index in [0.29, 0.717) is 16.9 Å². The normalized spacial score (nSPS) is 25.9. The molecule has 0 saturated carbocycles. The molecule has 10 rings (SSSR count). The van der Waals surface area contributed by atoms with E-state index in [-0.39, 0.29) is 50.8 Å². The minimum absolute atomic E-state index is 0.00633. The maximum absolute atomic E-state index is 14.9. The molecule has 24 heteroatoms. The molecular weight excluding hydrogens is 1200 g/mol. The topological polar surface area (TPSA) is 298 Å². The largest absolute Gasteiger partial charge is 0.497 e. The van der Waals surface area contributed by atoms with Crippen molar-refractivity contribution in [2.75, 3.05) is 27.4 Å². The third kappa shape index (κ3) is 18.0. The van der Waals surface area contributed by atoms with Gasteiger partial charge in [0.05, 0.1) is 65.0 Å². The van der Waals surface area contributed by atoms with E-state index in [1.165, 1.54) is 12.1 Å². The molecule has 3 heterocycles. The van der Waals surface area contributed by atoms with Crippen LogP contribution in [0.5, 0.6) is 5.75 Å². The molecule has 7 aromatic carbocycles. The average molecular weight is 1270 g/mol. The van der Waals surface area contributed by atoms with Crippen molar-refractivity contribution in [1.29, 1.82) is 0 Å². The maximum atomic E-state index is 14.9. The average Bonchev–Trinajstić information content (AvgIpc) is 0.846. The molecule has 0 spiro atoms. The van der Waals surface area contributed by atoms with Crippen LogP contribution in [0.25, 0.3) is 20.9 Å². The summed E-state index contributed by atoms with van der Waals surface area (Å²) in [7, 11) is 2.67. The molecule has 484 valence electrons. The zero-order valence-electron chi connectivity index (χ0n) is 50.8. The number of rotatable bonds is 29. The van der Waals surface area contributed by atoms with Gasteiger partial charge in [0, 0.05) is 9.82 Å². The highest BCUT2D eigenvalue weighted by molar-refractivity contribution is 5.90. The van der Waals surface area contributed by atoms with Gasteiger partial charge in [-0.25, -0.2) is 14.4 Å². The van der Waals surface area contributed by atoms with Gasteiger partial charge in [0.1, 0.15) is 79.4 Å². The van der Waals surface area contributed by atoms with Crippen LogP contribution in [0.2, 0.25) is 0 Å². The number of azide groups is 2. The van der Waals surface area contributed by atoms with Crippen molar-refractivity contribution in [3.63, 3.8) is 0 Å². The van der Waals surface area contributed by atoms with Crippen molar-refractivity contribution in [1.82, 2.24) is 0 Å². The molecule has 6 unspecified atom stereocenters. The van der Waals surface area contributed by atoms with Gasteiger partial charge in [-0.15, -0.1) is 0 Å². The Labute approximate surface area is 536 Å². The third-order valence-corrected chi connectivity index (χ3v) is 15.6. The van der Waals surface area contributed by atoms with E-state index in [1.54, 1.807) is 79.9 Å². The van der Waals surface area contributed by atoms with Crippen molar-refractivity contribution < 1.29 is 85.8 Å². The van der Waals surface area contributed by atoms with E-state index in [1.807, 2.05) is 121 Å². The number of benzene rings is 7. The molecule has 0 aliphatic carbocycles. The van der Waals surface area contributed by atoms with Gasteiger partial charge < -0.3 is 71.4 Å². The number of ether oxygens (including phenoxy) is 14. The van der Waals surface area contributed by atoms with Crippen LogP contribution in [0.15, 0.2) is 216 Å². The van der Waals surface area contributed by atoms with Crippen molar-refractivity contribution in [2.24, 2.45) is 10.2 Å². The van der Waals surface area contributed by atoms with Gasteiger partial charge in [-0.1, -0.05) is 180 Å². The molecule has 7 aromatic rings. The second kappa shape index (κ2) is 34.0. The SMILES string of the molecule is COC(=O)C1O[C@@H](O[C@@H]2C(COCc3ccc(OC)cc3)O[C@@H](O)C(N=[N+]=[N-])[C@H]2OC(=O)c2ccccc2)C(OCc2ccccc2)[C@@H](OCc2ccccc2)[C@@H]1O[C@@H]1OC(COC(=O)c2ccccc2)[C@@H](OCc2ccccc2)[C@H](OCc2ccccc2)C1N=[N+]=[N-]. The molecule has 15 atom stereocenters. The Balaban J connectivity index is 1.07. The monoisotopic (exact) mass is 1270 g/mol. The smallest absolute Gasteiger partial charge is 0.338 e. The number of aliphatic hydroxyl groups is 1. The van der Waals surface area contributed by atoms with Gasteiger partial charge in [0.15, 0.2) is 25.0 Å². The zero-order valence-corrected chi connectivity index (χ0v) is 50.8. The highest BCUT2D eigenvalue weighted by Gasteiger charge is 2.58. The summed E-state index contributed by atoms with van der Waals surface area (Å²) in [5.41, 5.74) is 24.5. The first-order valence-corrected chi connectivity index (χ1v) is 30.0. The van der Waals surface area contributed by atoms with Gasteiger partial charge in [-0.3, -0.25) is 0 Å². The maximum Gasteiger partial charge on any atom is 0.338 e. The number of hydrogen-bond donors (Lipinski definition) is 1. The molecule has 1 N–H and O–H groups in total. The Kier molecular flexibility index (Phi) is 24.4. The first-order valence-electron chi connectivity index (χ1n) is 30.0. The minimum Gasteiger partial charge on any atom is -0.497 e. The highest BCUT2D eigenvalue weighted by Crippen LogP contribution is 2.39. The van der Waals surface area contributed by atoms with E-state index in [4.69, 9.17) is 66.3 Å². The lowest BCUT2D eigenvalue weighted by molar-refractivity contribution is -0.371. The summed E-state index contributed by atoms with van der Waals surface area (Å²) in [6.07, 6.45) is -20.1. The number of hydrogen-bond acceptors (Lipinski definition) is 20. The number of esters is 3. The van der Waals surface area contributed by atoms with Crippen LogP contribution in [-0.4, -0.2) is 142 Å². The molecule has 3 aliphatic heterocycles. The zero-order chi connectivity index (χ0) is 64.7. The first kappa shape index (κ1) is 66.8. The Bertz CT molecular complexity index is 3550. The third-order valence-electron chi connectivity index (χ3n) is 15.6. The highest BCUT2D eigenvalue weighted by atomic mass is 16.8. The van der Waals surface area contributed by atoms with Gasteiger partial charge in [0.25, 0.3) is 0 Å². The Morgan fingerprint density at radius 3 is 1.42 bits per heavy atom. The van der Waals surface area contributed by atoms with E-state index in [0.717, 1.165) is 23.8 Å². The van der Waals surface area contributed by atoms with Crippen molar-refractivity contribution in [2.45, 2.75) is 125 Å². The quantitative estimate of drug-likeness (QED) is 0.0150. The summed E-state index contributed by atoms with van der Waals surface area (Å²) in [5, 5.41) is 19.8. The lowest BCUT2D eigenvalue weighted by atomic mass is 9.94. The lowest BCUT2D eigenvalue weighted by Gasteiger charge is -2.50. The van der Waals surface area contributed by atoms with Crippen molar-refractivity contribution in [3.05, 3.63) is 266 Å². The molecule has 0 radical (unpaired) electrons. The molecule has 0 aromatic heterocycles. The van der Waals surface area contributed by atoms with Gasteiger partial charge in [0.2, 0.25) is 0 Å². The van der Waals surface area contributed by atoms with E-state index in [9.17, 15) is 30.6 Å². The van der Waals surface area contributed by atoms with Gasteiger partial charge in [-0.2, -0.15) is 0 Å². The Hall–Kier alpha value is -9.07. The summed E-state index contributed by atoms with van der Waals surface area (Å²) in [5.74, 6) is -1.99. The molecule has 3 fully saturated rings. The van der Waals surface area contributed by atoms with E-state index < -0.39 is 117 Å². The van der Waals surface area contributed by atoms with Crippen LogP contribution in [0.3, 0.4) is 0 Å². The fourth-order valence-corrected chi connectivity index (χ4v) is 10.9. The standard InChI is InChI=1S/C69H70N6O18/c1-80-51-35-33-48(34-36-51)37-82-42-52-57(59(54(72-74-70)66(78)88-52)90-65(77)50-31-19-8-20-32-50)91-69-63(86-41-47-27-15-6-16-28-47)60(85-40-46-25-13-5-14-26-46)61(62(93-69)67(79)81-2)92-68-55(73-75-71)58(84-39-45-23-11-4-12-24-45)56(83-38-44-21-9-3-10-22-44)53(89-68)43-87-64(76)49-29-17-7-18-30-49/h3-36,52-63,66,68-69,78H,37-43H2,1-2H3/t52?,53?,54?,55?,56-,57-,58-,59-,60+,61+,62?,63?,66-,68+,69-/m1/s1. The van der Waals surface area contributed by atoms with Crippen LogP contribution < -0.4 is 4.74 Å². The summed E-state index contributed by atoms with van der Waals surface area (Å²) in [4.78, 5) is 49.2. The Morgan fingerprint density at radius 2 is 0.903 bits per heavy atom. The molecule has 24 nitrogen and oxygen atoms in total. The van der Waals surface area contributed by atoms with Crippen LogP contribution >= 0.6 is 0 Å². The number of nitrogens with zero attached hydrogens (tertiary/aromatic N) is 6. The van der Waals surface area contributed by atoms with Crippen molar-refractivity contribution in [3.8, 4) is 5.75 Å². The fraction of sp³-hybridized carbons (Fsp3) is 0.348. The van der Waals surface area contributed by atoms with Crippen LogP contribution in [0.4, 0.5) is 0 Å². The summed E-state index contributed by atoms with van der Waals surface area (Å²) < 4.78 is 90.9. The predicted molar refractivity (Wildman–Crippen MR) is 331 cm³/mol. The molecule has 0 amide bonds. The van der Waals surface area contributed by atoms with Crippen LogP contribution in [0.1, 0.15) is 48.5 Å². The second-order valence-corrected chi connectivity index (χ2v) is 21.8. The summed E-state index contributed by atoms with van der Waals surface area (Å²) >= 11 is 0.